The van der Waals surface area contributed by atoms with Crippen molar-refractivity contribution in [3.05, 3.63) is 36.0 Å². The third-order valence-corrected chi connectivity index (χ3v) is 7.46. The topological polar surface area (TPSA) is 156 Å². The van der Waals surface area contributed by atoms with Crippen molar-refractivity contribution in [2.75, 3.05) is 19.7 Å². The van der Waals surface area contributed by atoms with E-state index < -0.39 is 23.9 Å². The fourth-order valence-electron chi connectivity index (χ4n) is 5.08. The first kappa shape index (κ1) is 30.5. The van der Waals surface area contributed by atoms with E-state index in [1.54, 1.807) is 6.92 Å². The highest BCUT2D eigenvalue weighted by Gasteiger charge is 2.58. The monoisotopic (exact) mass is 535 g/mol. The highest BCUT2D eigenvalue weighted by atomic mass is 16.6. The molecule has 38 heavy (non-hydrogen) atoms. The Morgan fingerprint density at radius 1 is 1.24 bits per heavy atom. The van der Waals surface area contributed by atoms with E-state index in [1.165, 1.54) is 12.2 Å². The second kappa shape index (κ2) is 13.8. The smallest absolute Gasteiger partial charge is 0.244 e. The van der Waals surface area contributed by atoms with Crippen molar-refractivity contribution in [1.82, 2.24) is 10.6 Å². The maximum absolute atomic E-state index is 12.1. The van der Waals surface area contributed by atoms with Gasteiger partial charge in [-0.2, -0.15) is 0 Å². The average molecular weight is 536 g/mol. The molecule has 6 N–H and O–H groups in total. The molecule has 10 nitrogen and oxygen atoms in total. The summed E-state index contributed by atoms with van der Waals surface area (Å²) in [4.78, 5) is 24.3. The molecule has 3 aliphatic rings. The molecule has 0 saturated carbocycles. The molecule has 3 rings (SSSR count). The van der Waals surface area contributed by atoms with E-state index in [4.69, 9.17) is 19.9 Å². The van der Waals surface area contributed by atoms with Crippen LogP contribution in [0, 0.1) is 5.92 Å². The van der Waals surface area contributed by atoms with Gasteiger partial charge in [-0.25, -0.2) is 0 Å². The highest BCUT2D eigenvalue weighted by molar-refractivity contribution is 5.87. The Kier molecular flexibility index (Phi) is 11.1. The van der Waals surface area contributed by atoms with Gasteiger partial charge in [-0.3, -0.25) is 9.59 Å². The standard InChI is InChI=1S/C28H45N3O7/c1-17(5-8-23-18(2)13-22(20(4)37-23)31-25(33)10-7-19(3)32)6-9-24-27(35)28(16-36-28)15-21(38-24)14-26(34)30-12-11-29/h5-7,9-10,18-24,27,32,35H,8,11-16,29H2,1-4H3,(H,30,34)(H,31,33)/t18-,19-,20+,21+,22+,23-,24+,27+,28+/m0/s1. The van der Waals surface area contributed by atoms with Crippen molar-refractivity contribution in [3.8, 4) is 0 Å². The van der Waals surface area contributed by atoms with Crippen LogP contribution in [0.5, 0.6) is 0 Å². The van der Waals surface area contributed by atoms with E-state index in [1.807, 2.05) is 26.0 Å². The molecule has 0 aromatic heterocycles. The van der Waals surface area contributed by atoms with Gasteiger partial charge >= 0.3 is 0 Å². The lowest BCUT2D eigenvalue weighted by atomic mass is 9.87. The van der Waals surface area contributed by atoms with Crippen LogP contribution in [0.1, 0.15) is 53.4 Å². The van der Waals surface area contributed by atoms with Crippen molar-refractivity contribution in [2.45, 2.75) is 102 Å². The number of hydrogen-bond donors (Lipinski definition) is 5. The molecule has 9 atom stereocenters. The van der Waals surface area contributed by atoms with Crippen molar-refractivity contribution in [2.24, 2.45) is 11.7 Å². The van der Waals surface area contributed by atoms with Gasteiger partial charge < -0.3 is 40.8 Å². The Labute approximate surface area is 225 Å². The Morgan fingerprint density at radius 2 is 1.97 bits per heavy atom. The molecule has 214 valence electrons. The molecule has 0 radical (unpaired) electrons. The lowest BCUT2D eigenvalue weighted by molar-refractivity contribution is -0.145. The van der Waals surface area contributed by atoms with E-state index in [0.29, 0.717) is 26.1 Å². The van der Waals surface area contributed by atoms with Gasteiger partial charge in [0, 0.05) is 25.6 Å². The van der Waals surface area contributed by atoms with Gasteiger partial charge in [0.05, 0.1) is 43.5 Å². The molecule has 3 heterocycles. The van der Waals surface area contributed by atoms with Crippen LogP contribution in [-0.4, -0.2) is 90.0 Å². The number of hydrogen-bond acceptors (Lipinski definition) is 8. The lowest BCUT2D eigenvalue weighted by Crippen LogP contribution is -2.51. The van der Waals surface area contributed by atoms with Gasteiger partial charge in [-0.1, -0.05) is 36.8 Å². The second-order valence-corrected chi connectivity index (χ2v) is 10.9. The minimum atomic E-state index is -0.792. The largest absolute Gasteiger partial charge is 0.389 e. The molecule has 3 aliphatic heterocycles. The third kappa shape index (κ3) is 8.72. The number of rotatable bonds is 11. The predicted molar refractivity (Wildman–Crippen MR) is 143 cm³/mol. The van der Waals surface area contributed by atoms with E-state index in [9.17, 15) is 19.8 Å². The average Bonchev–Trinajstić information content (AvgIpc) is 3.63. The first-order valence-corrected chi connectivity index (χ1v) is 13.6. The summed E-state index contributed by atoms with van der Waals surface area (Å²) in [6, 6.07) is -0.0930. The quantitative estimate of drug-likeness (QED) is 0.148. The minimum Gasteiger partial charge on any atom is -0.389 e. The van der Waals surface area contributed by atoms with Crippen LogP contribution in [0.4, 0.5) is 0 Å². The molecule has 10 heteroatoms. The van der Waals surface area contributed by atoms with Crippen molar-refractivity contribution in [1.29, 1.82) is 0 Å². The van der Waals surface area contributed by atoms with Gasteiger partial charge in [0.25, 0.3) is 0 Å². The fraction of sp³-hybridized carbons (Fsp3) is 0.714. The van der Waals surface area contributed by atoms with Crippen LogP contribution in [0.15, 0.2) is 36.0 Å². The molecule has 0 unspecified atom stereocenters. The van der Waals surface area contributed by atoms with Crippen LogP contribution >= 0.6 is 0 Å². The number of carbonyl (C=O) groups excluding carboxylic acids is 2. The molecule has 2 amide bonds. The molecule has 0 aromatic carbocycles. The SMILES string of the molecule is CC(C=C[C@H]1O[C@H](CC(=O)NCCN)C[C@@]2(CO2)[C@@H]1O)=CC[C@@H]1O[C@H](C)[C@H](NC(=O)C=C[C@H](C)O)C[C@@H]1C. The summed E-state index contributed by atoms with van der Waals surface area (Å²) >= 11 is 0. The Bertz CT molecular complexity index is 899. The summed E-state index contributed by atoms with van der Waals surface area (Å²) in [5, 5.41) is 25.9. The number of aliphatic hydroxyl groups is 2. The van der Waals surface area contributed by atoms with Gasteiger partial charge in [-0.15, -0.1) is 0 Å². The summed E-state index contributed by atoms with van der Waals surface area (Å²) in [7, 11) is 0. The van der Waals surface area contributed by atoms with Crippen LogP contribution < -0.4 is 16.4 Å². The summed E-state index contributed by atoms with van der Waals surface area (Å²) in [6.07, 6.45) is 8.38. The van der Waals surface area contributed by atoms with Crippen LogP contribution in [-0.2, 0) is 23.8 Å². The molecule has 3 saturated heterocycles. The minimum absolute atomic E-state index is 0.0191. The number of amides is 2. The number of carbonyl (C=O) groups is 2. The van der Waals surface area contributed by atoms with Crippen LogP contribution in [0.3, 0.4) is 0 Å². The van der Waals surface area contributed by atoms with Crippen molar-refractivity contribution < 1.29 is 34.0 Å². The highest BCUT2D eigenvalue weighted by Crippen LogP contribution is 2.43. The normalized spacial score (nSPS) is 36.5. The Morgan fingerprint density at radius 3 is 2.63 bits per heavy atom. The zero-order chi connectivity index (χ0) is 27.9. The number of nitrogens with one attached hydrogen (secondary N) is 2. The Balaban J connectivity index is 1.52. The van der Waals surface area contributed by atoms with Gasteiger partial charge in [0.2, 0.25) is 11.8 Å². The molecule has 3 fully saturated rings. The number of aliphatic hydroxyl groups excluding tert-OH is 2. The second-order valence-electron chi connectivity index (χ2n) is 10.9. The van der Waals surface area contributed by atoms with Crippen LogP contribution in [0.25, 0.3) is 0 Å². The zero-order valence-corrected chi connectivity index (χ0v) is 23.0. The predicted octanol–water partition coefficient (Wildman–Crippen LogP) is 0.867. The van der Waals surface area contributed by atoms with Crippen molar-refractivity contribution >= 4 is 11.8 Å². The maximum atomic E-state index is 12.1. The number of epoxide rings is 1. The third-order valence-electron chi connectivity index (χ3n) is 7.46. The fourth-order valence-corrected chi connectivity index (χ4v) is 5.08. The zero-order valence-electron chi connectivity index (χ0n) is 23.0. The van der Waals surface area contributed by atoms with Gasteiger partial charge in [0.1, 0.15) is 17.8 Å². The van der Waals surface area contributed by atoms with Gasteiger partial charge in [-0.05, 0) is 39.5 Å². The maximum Gasteiger partial charge on any atom is 0.244 e. The van der Waals surface area contributed by atoms with Gasteiger partial charge in [0.15, 0.2) is 0 Å². The number of nitrogens with two attached hydrogens (primary N) is 1. The molecule has 0 aromatic rings. The van der Waals surface area contributed by atoms with E-state index in [-0.39, 0.29) is 48.5 Å². The molecule has 1 spiro atoms. The van der Waals surface area contributed by atoms with E-state index in [2.05, 4.69) is 23.6 Å². The number of ether oxygens (including phenoxy) is 3. The first-order chi connectivity index (χ1) is 18.0. The van der Waals surface area contributed by atoms with E-state index >= 15 is 0 Å². The molecule has 0 aliphatic carbocycles. The van der Waals surface area contributed by atoms with E-state index in [0.717, 1.165) is 18.4 Å². The summed E-state index contributed by atoms with van der Waals surface area (Å²) < 4.78 is 17.9. The Hall–Kier alpha value is -2.08. The summed E-state index contributed by atoms with van der Waals surface area (Å²) in [6.45, 7) is 8.92. The lowest BCUT2D eigenvalue weighted by Gasteiger charge is -2.39. The summed E-state index contributed by atoms with van der Waals surface area (Å²) in [5.41, 5.74) is 5.83. The van der Waals surface area contributed by atoms with Crippen molar-refractivity contribution in [3.63, 3.8) is 0 Å². The number of allylic oxidation sites excluding steroid dienone is 2. The summed E-state index contributed by atoms with van der Waals surface area (Å²) in [5.74, 6) is -0.117. The first-order valence-electron chi connectivity index (χ1n) is 13.6. The molecule has 0 bridgehead atoms. The van der Waals surface area contributed by atoms with Crippen LogP contribution in [0.2, 0.25) is 0 Å². The molecular formula is C28H45N3O7. The molecular weight excluding hydrogens is 490 g/mol.